The predicted octanol–water partition coefficient (Wildman–Crippen LogP) is 5.57. The molecule has 0 aliphatic heterocycles. The number of amides is 1. The first-order valence-electron chi connectivity index (χ1n) is 8.37. The average Bonchev–Trinajstić information content (AvgIpc) is 2.63. The topological polar surface area (TPSA) is 66.4 Å². The zero-order valence-corrected chi connectivity index (χ0v) is 15.7. The van der Waals surface area contributed by atoms with E-state index in [1.807, 2.05) is 38.1 Å². The highest BCUT2D eigenvalue weighted by molar-refractivity contribution is 6.34. The normalized spacial score (nSPS) is 10.5. The van der Waals surface area contributed by atoms with Crippen LogP contribution in [-0.2, 0) is 0 Å². The highest BCUT2D eigenvalue weighted by Crippen LogP contribution is 2.29. The second-order valence-electron chi connectivity index (χ2n) is 6.32. The Balaban J connectivity index is 1.96. The summed E-state index contributed by atoms with van der Waals surface area (Å²) in [4.78, 5) is 23.9. The fourth-order valence-electron chi connectivity index (χ4n) is 2.97. The van der Waals surface area contributed by atoms with E-state index in [0.29, 0.717) is 11.3 Å². The molecule has 0 spiro atoms. The maximum absolute atomic E-state index is 12.9. The first kappa shape index (κ1) is 18.7. The van der Waals surface area contributed by atoms with E-state index < -0.39 is 5.97 Å². The number of anilines is 1. The minimum atomic E-state index is -1.07. The summed E-state index contributed by atoms with van der Waals surface area (Å²) in [7, 11) is 0. The van der Waals surface area contributed by atoms with Gasteiger partial charge in [0, 0.05) is 5.56 Å². The van der Waals surface area contributed by atoms with Crippen molar-refractivity contribution in [1.82, 2.24) is 0 Å². The van der Waals surface area contributed by atoms with Gasteiger partial charge in [-0.15, -0.1) is 0 Å². The summed E-state index contributed by atoms with van der Waals surface area (Å²) in [6.07, 6.45) is 0. The molecule has 4 nitrogen and oxygen atoms in total. The van der Waals surface area contributed by atoms with Crippen molar-refractivity contribution in [3.05, 3.63) is 87.9 Å². The molecule has 0 heterocycles. The fourth-order valence-corrected chi connectivity index (χ4v) is 3.20. The van der Waals surface area contributed by atoms with Crippen molar-refractivity contribution in [2.75, 3.05) is 5.32 Å². The summed E-state index contributed by atoms with van der Waals surface area (Å²) < 4.78 is 0. The summed E-state index contributed by atoms with van der Waals surface area (Å²) in [5.41, 5.74) is 4.99. The molecule has 3 aromatic rings. The first-order valence-corrected chi connectivity index (χ1v) is 8.75. The predicted molar refractivity (Wildman–Crippen MR) is 108 cm³/mol. The smallest absolute Gasteiger partial charge is 0.335 e. The Kier molecular flexibility index (Phi) is 5.28. The van der Waals surface area contributed by atoms with Crippen LogP contribution < -0.4 is 5.32 Å². The quantitative estimate of drug-likeness (QED) is 0.622. The van der Waals surface area contributed by atoms with Crippen LogP contribution in [0.5, 0.6) is 0 Å². The van der Waals surface area contributed by atoms with E-state index in [-0.39, 0.29) is 16.5 Å². The highest BCUT2D eigenvalue weighted by Gasteiger charge is 2.16. The van der Waals surface area contributed by atoms with E-state index in [4.69, 9.17) is 16.7 Å². The van der Waals surface area contributed by atoms with Gasteiger partial charge < -0.3 is 10.4 Å². The SMILES string of the molecule is Cc1ccc(-c2ccccc2C(=O)Nc2ccc(C(=O)O)cc2Cl)c(C)c1. The molecule has 0 radical (unpaired) electrons. The number of aryl methyl sites for hydroxylation is 2. The zero-order valence-electron chi connectivity index (χ0n) is 14.9. The van der Waals surface area contributed by atoms with E-state index in [1.54, 1.807) is 12.1 Å². The number of hydrogen-bond donors (Lipinski definition) is 2. The molecule has 0 saturated heterocycles. The number of benzene rings is 3. The summed E-state index contributed by atoms with van der Waals surface area (Å²) in [6, 6.07) is 17.6. The average molecular weight is 380 g/mol. The lowest BCUT2D eigenvalue weighted by atomic mass is 9.94. The monoisotopic (exact) mass is 379 g/mol. The van der Waals surface area contributed by atoms with E-state index in [0.717, 1.165) is 22.3 Å². The van der Waals surface area contributed by atoms with Crippen molar-refractivity contribution in [3.8, 4) is 11.1 Å². The molecule has 3 aromatic carbocycles. The molecule has 0 unspecified atom stereocenters. The van der Waals surface area contributed by atoms with Crippen molar-refractivity contribution < 1.29 is 14.7 Å². The van der Waals surface area contributed by atoms with Gasteiger partial charge in [0.25, 0.3) is 5.91 Å². The molecule has 0 bridgehead atoms. The number of hydrogen-bond acceptors (Lipinski definition) is 2. The Morgan fingerprint density at radius 1 is 0.926 bits per heavy atom. The number of carbonyl (C=O) groups excluding carboxylic acids is 1. The van der Waals surface area contributed by atoms with E-state index in [9.17, 15) is 9.59 Å². The highest BCUT2D eigenvalue weighted by atomic mass is 35.5. The third-order valence-corrected chi connectivity index (χ3v) is 4.62. The van der Waals surface area contributed by atoms with Crippen molar-refractivity contribution >= 4 is 29.2 Å². The van der Waals surface area contributed by atoms with Crippen LogP contribution in [0.3, 0.4) is 0 Å². The van der Waals surface area contributed by atoms with Gasteiger partial charge in [0.1, 0.15) is 0 Å². The number of rotatable bonds is 4. The molecule has 3 rings (SSSR count). The number of halogens is 1. The minimum absolute atomic E-state index is 0.0636. The zero-order chi connectivity index (χ0) is 19.6. The molecule has 0 aromatic heterocycles. The third-order valence-electron chi connectivity index (χ3n) is 4.31. The Labute approximate surface area is 162 Å². The van der Waals surface area contributed by atoms with Crippen LogP contribution in [0.4, 0.5) is 5.69 Å². The molecular weight excluding hydrogens is 362 g/mol. The molecule has 0 fully saturated rings. The lowest BCUT2D eigenvalue weighted by molar-refractivity contribution is 0.0696. The van der Waals surface area contributed by atoms with Crippen molar-refractivity contribution in [1.29, 1.82) is 0 Å². The van der Waals surface area contributed by atoms with Crippen molar-refractivity contribution in [2.45, 2.75) is 13.8 Å². The number of nitrogens with one attached hydrogen (secondary N) is 1. The van der Waals surface area contributed by atoms with Crippen LogP contribution in [0.25, 0.3) is 11.1 Å². The molecule has 0 aliphatic rings. The van der Waals surface area contributed by atoms with E-state index in [1.165, 1.54) is 18.2 Å². The maximum atomic E-state index is 12.9. The molecule has 0 aliphatic carbocycles. The molecule has 1 amide bonds. The Morgan fingerprint density at radius 2 is 1.67 bits per heavy atom. The number of carbonyl (C=O) groups is 2. The van der Waals surface area contributed by atoms with Gasteiger partial charge in [0.15, 0.2) is 0 Å². The van der Waals surface area contributed by atoms with Gasteiger partial charge in [-0.05, 0) is 54.8 Å². The molecule has 27 heavy (non-hydrogen) atoms. The van der Waals surface area contributed by atoms with E-state index in [2.05, 4.69) is 11.4 Å². The Bertz CT molecular complexity index is 1040. The molecule has 5 heteroatoms. The lowest BCUT2D eigenvalue weighted by Crippen LogP contribution is -2.14. The largest absolute Gasteiger partial charge is 0.478 e. The molecule has 0 saturated carbocycles. The molecule has 0 atom stereocenters. The van der Waals surface area contributed by atoms with Crippen molar-refractivity contribution in [2.24, 2.45) is 0 Å². The summed E-state index contributed by atoms with van der Waals surface area (Å²) >= 11 is 6.13. The second-order valence-corrected chi connectivity index (χ2v) is 6.73. The number of aromatic carboxylic acids is 1. The number of carboxylic acids is 1. The Morgan fingerprint density at radius 3 is 2.33 bits per heavy atom. The van der Waals surface area contributed by atoms with Gasteiger partial charge >= 0.3 is 5.97 Å². The molecule has 136 valence electrons. The van der Waals surface area contributed by atoms with E-state index >= 15 is 0 Å². The van der Waals surface area contributed by atoms with Crippen molar-refractivity contribution in [3.63, 3.8) is 0 Å². The van der Waals surface area contributed by atoms with Crippen LogP contribution in [0, 0.1) is 13.8 Å². The van der Waals surface area contributed by atoms with Crippen LogP contribution in [0.1, 0.15) is 31.8 Å². The van der Waals surface area contributed by atoms with Gasteiger partial charge in [-0.3, -0.25) is 4.79 Å². The third kappa shape index (κ3) is 4.01. The lowest BCUT2D eigenvalue weighted by Gasteiger charge is -2.13. The van der Waals surface area contributed by atoms with Crippen LogP contribution in [0.2, 0.25) is 5.02 Å². The first-order chi connectivity index (χ1) is 12.9. The van der Waals surface area contributed by atoms with Gasteiger partial charge in [-0.1, -0.05) is 53.6 Å². The second kappa shape index (κ2) is 7.64. The van der Waals surface area contributed by atoms with Crippen LogP contribution in [-0.4, -0.2) is 17.0 Å². The fraction of sp³-hybridized carbons (Fsp3) is 0.0909. The molecular formula is C22H18ClNO3. The summed E-state index contributed by atoms with van der Waals surface area (Å²) in [5.74, 6) is -1.38. The van der Waals surface area contributed by atoms with Gasteiger partial charge in [0.2, 0.25) is 0 Å². The molecule has 2 N–H and O–H groups in total. The van der Waals surface area contributed by atoms with Gasteiger partial charge in [-0.25, -0.2) is 4.79 Å². The van der Waals surface area contributed by atoms with Gasteiger partial charge in [0.05, 0.1) is 16.3 Å². The Hall–Kier alpha value is -3.11. The van der Waals surface area contributed by atoms with Gasteiger partial charge in [-0.2, -0.15) is 0 Å². The van der Waals surface area contributed by atoms with Crippen LogP contribution >= 0.6 is 11.6 Å². The van der Waals surface area contributed by atoms with Crippen LogP contribution in [0.15, 0.2) is 60.7 Å². The summed E-state index contributed by atoms with van der Waals surface area (Å²) in [6.45, 7) is 4.04. The maximum Gasteiger partial charge on any atom is 0.335 e. The minimum Gasteiger partial charge on any atom is -0.478 e. The summed E-state index contributed by atoms with van der Waals surface area (Å²) in [5, 5.41) is 12.0. The standard InChI is InChI=1S/C22H18ClNO3/c1-13-7-9-16(14(2)11-13)17-5-3-4-6-18(17)21(25)24-20-10-8-15(22(26)27)12-19(20)23/h3-12H,1-2H3,(H,24,25)(H,26,27). The number of carboxylic acid groups (broad SMARTS) is 1.